The maximum absolute atomic E-state index is 13.5. The molecule has 1 aromatic rings. The van der Waals surface area contributed by atoms with Gasteiger partial charge in [0.15, 0.2) is 0 Å². The smallest absolute Gasteiger partial charge is 0.294 e. The second-order valence-electron chi connectivity index (χ2n) is 3.88. The van der Waals surface area contributed by atoms with E-state index in [1.807, 2.05) is 0 Å². The first kappa shape index (κ1) is 11.3. The summed E-state index contributed by atoms with van der Waals surface area (Å²) >= 11 is 0. The van der Waals surface area contributed by atoms with Crippen LogP contribution in [0.25, 0.3) is 0 Å². The van der Waals surface area contributed by atoms with Crippen LogP contribution in [0.5, 0.6) is 0 Å². The van der Waals surface area contributed by atoms with Crippen LogP contribution >= 0.6 is 0 Å². The Balaban J connectivity index is 2.53. The lowest BCUT2D eigenvalue weighted by atomic mass is 10.1. The van der Waals surface area contributed by atoms with E-state index in [1.54, 1.807) is 11.0 Å². The molecular weight excluding hydrogens is 225 g/mol. The summed E-state index contributed by atoms with van der Waals surface area (Å²) in [5.74, 6) is -0.708. The minimum atomic E-state index is -0.708. The summed E-state index contributed by atoms with van der Waals surface area (Å²) < 4.78 is 13.5. The molecule has 0 radical (unpaired) electrons. The van der Waals surface area contributed by atoms with Crippen molar-refractivity contribution in [2.45, 2.75) is 12.8 Å². The number of nitriles is 1. The van der Waals surface area contributed by atoms with Gasteiger partial charge in [-0.2, -0.15) is 5.26 Å². The molecule has 1 fully saturated rings. The highest BCUT2D eigenvalue weighted by molar-refractivity contribution is 5.66. The normalized spacial score (nSPS) is 14.7. The van der Waals surface area contributed by atoms with Crippen LogP contribution in [0.1, 0.15) is 18.4 Å². The van der Waals surface area contributed by atoms with Gasteiger partial charge in [-0.15, -0.1) is 0 Å². The lowest BCUT2D eigenvalue weighted by Gasteiger charge is -2.17. The molecule has 0 saturated carbocycles. The van der Waals surface area contributed by atoms with Crippen molar-refractivity contribution in [1.82, 2.24) is 0 Å². The molecule has 1 saturated heterocycles. The van der Waals surface area contributed by atoms with Crippen molar-refractivity contribution in [2.24, 2.45) is 0 Å². The standard InChI is InChI=1S/C11H10FN3O2/c12-9-6-10(14-3-1-2-4-14)11(15(16)17)5-8(9)7-13/h5-6H,1-4H2. The number of benzene rings is 1. The van der Waals surface area contributed by atoms with Crippen molar-refractivity contribution in [1.29, 1.82) is 5.26 Å². The van der Waals surface area contributed by atoms with Gasteiger partial charge in [-0.1, -0.05) is 0 Å². The predicted octanol–water partition coefficient (Wildman–Crippen LogP) is 2.21. The van der Waals surface area contributed by atoms with Gasteiger partial charge in [0, 0.05) is 25.2 Å². The Kier molecular flexibility index (Phi) is 2.91. The fraction of sp³-hybridized carbons (Fsp3) is 0.364. The van der Waals surface area contributed by atoms with Gasteiger partial charge in [-0.05, 0) is 12.8 Å². The molecule has 1 aromatic carbocycles. The zero-order chi connectivity index (χ0) is 12.4. The van der Waals surface area contributed by atoms with E-state index in [-0.39, 0.29) is 16.9 Å². The largest absolute Gasteiger partial charge is 0.366 e. The maximum atomic E-state index is 13.5. The van der Waals surface area contributed by atoms with Crippen LogP contribution in [0, 0.1) is 27.3 Å². The Morgan fingerprint density at radius 2 is 2.06 bits per heavy atom. The Hall–Kier alpha value is -2.16. The van der Waals surface area contributed by atoms with E-state index in [9.17, 15) is 14.5 Å². The molecule has 0 aromatic heterocycles. The number of nitrogens with zero attached hydrogens (tertiary/aromatic N) is 3. The third-order valence-electron chi connectivity index (χ3n) is 2.83. The van der Waals surface area contributed by atoms with E-state index in [4.69, 9.17) is 5.26 Å². The zero-order valence-corrected chi connectivity index (χ0v) is 9.02. The first-order valence-corrected chi connectivity index (χ1v) is 5.26. The van der Waals surface area contributed by atoms with E-state index < -0.39 is 10.7 Å². The molecular formula is C11H10FN3O2. The first-order chi connectivity index (χ1) is 8.13. The fourth-order valence-corrected chi connectivity index (χ4v) is 1.99. The van der Waals surface area contributed by atoms with E-state index >= 15 is 0 Å². The molecule has 0 spiro atoms. The van der Waals surface area contributed by atoms with E-state index in [1.165, 1.54) is 0 Å². The maximum Gasteiger partial charge on any atom is 0.294 e. The van der Waals surface area contributed by atoms with Gasteiger partial charge in [0.05, 0.1) is 10.5 Å². The van der Waals surface area contributed by atoms with Crippen LogP contribution in [0.15, 0.2) is 12.1 Å². The number of anilines is 1. The Morgan fingerprint density at radius 3 is 2.59 bits per heavy atom. The quantitative estimate of drug-likeness (QED) is 0.582. The molecule has 5 nitrogen and oxygen atoms in total. The average Bonchev–Trinajstić information content (AvgIpc) is 2.81. The van der Waals surface area contributed by atoms with Gasteiger partial charge in [-0.25, -0.2) is 4.39 Å². The summed E-state index contributed by atoms with van der Waals surface area (Å²) in [6, 6.07) is 3.70. The molecule has 6 heteroatoms. The van der Waals surface area contributed by atoms with Crippen LogP contribution in [-0.2, 0) is 0 Å². The third-order valence-corrected chi connectivity index (χ3v) is 2.83. The summed E-state index contributed by atoms with van der Waals surface area (Å²) in [4.78, 5) is 12.1. The van der Waals surface area contributed by atoms with Crippen molar-refractivity contribution in [3.05, 3.63) is 33.6 Å². The SMILES string of the molecule is N#Cc1cc([N+](=O)[O-])c(N2CCCC2)cc1F. The Bertz CT molecular complexity index is 504. The molecule has 1 aliphatic heterocycles. The van der Waals surface area contributed by atoms with E-state index in [0.717, 1.165) is 25.0 Å². The van der Waals surface area contributed by atoms with Gasteiger partial charge < -0.3 is 4.90 Å². The van der Waals surface area contributed by atoms with Crippen LogP contribution in [0.3, 0.4) is 0 Å². The molecule has 0 aliphatic carbocycles. The van der Waals surface area contributed by atoms with E-state index in [2.05, 4.69) is 0 Å². The molecule has 0 N–H and O–H groups in total. The van der Waals surface area contributed by atoms with Gasteiger partial charge in [0.2, 0.25) is 0 Å². The van der Waals surface area contributed by atoms with Gasteiger partial charge in [-0.3, -0.25) is 10.1 Å². The molecule has 17 heavy (non-hydrogen) atoms. The second-order valence-corrected chi connectivity index (χ2v) is 3.88. The van der Waals surface area contributed by atoms with Crippen LogP contribution in [-0.4, -0.2) is 18.0 Å². The van der Waals surface area contributed by atoms with Crippen molar-refractivity contribution in [3.63, 3.8) is 0 Å². The highest BCUT2D eigenvalue weighted by atomic mass is 19.1. The van der Waals surface area contributed by atoms with Gasteiger partial charge >= 0.3 is 0 Å². The van der Waals surface area contributed by atoms with Crippen LogP contribution in [0.2, 0.25) is 0 Å². The highest BCUT2D eigenvalue weighted by Gasteiger charge is 2.24. The number of hydrogen-bond donors (Lipinski definition) is 0. The number of nitro groups is 1. The summed E-state index contributed by atoms with van der Waals surface area (Å²) in [5, 5.41) is 19.6. The van der Waals surface area contributed by atoms with Crippen LogP contribution < -0.4 is 4.90 Å². The molecule has 0 atom stereocenters. The minimum Gasteiger partial charge on any atom is -0.366 e. The minimum absolute atomic E-state index is 0.204. The van der Waals surface area contributed by atoms with Crippen molar-refractivity contribution in [2.75, 3.05) is 18.0 Å². The molecule has 1 aliphatic rings. The lowest BCUT2D eigenvalue weighted by Crippen LogP contribution is -2.19. The van der Waals surface area contributed by atoms with Gasteiger partial charge in [0.25, 0.3) is 5.69 Å². The Labute approximate surface area is 97.2 Å². The molecule has 0 amide bonds. The third kappa shape index (κ3) is 2.04. The summed E-state index contributed by atoms with van der Waals surface area (Å²) in [7, 11) is 0. The highest BCUT2D eigenvalue weighted by Crippen LogP contribution is 2.32. The number of halogens is 1. The average molecular weight is 235 g/mol. The van der Waals surface area contributed by atoms with Crippen molar-refractivity contribution >= 4 is 11.4 Å². The van der Waals surface area contributed by atoms with Gasteiger partial charge in [0.1, 0.15) is 17.6 Å². The zero-order valence-electron chi connectivity index (χ0n) is 9.02. The molecule has 0 bridgehead atoms. The first-order valence-electron chi connectivity index (χ1n) is 5.26. The number of rotatable bonds is 2. The fourth-order valence-electron chi connectivity index (χ4n) is 1.99. The summed E-state index contributed by atoms with van der Waals surface area (Å²) in [6.45, 7) is 1.37. The van der Waals surface area contributed by atoms with Crippen molar-refractivity contribution < 1.29 is 9.31 Å². The monoisotopic (exact) mass is 235 g/mol. The molecule has 0 unspecified atom stereocenters. The summed E-state index contributed by atoms with van der Waals surface area (Å²) in [5.41, 5.74) is -0.228. The van der Waals surface area contributed by atoms with Crippen LogP contribution in [0.4, 0.5) is 15.8 Å². The molecule has 2 rings (SSSR count). The summed E-state index contributed by atoms with van der Waals surface area (Å²) in [6.07, 6.45) is 1.89. The lowest BCUT2D eigenvalue weighted by molar-refractivity contribution is -0.384. The van der Waals surface area contributed by atoms with Crippen molar-refractivity contribution in [3.8, 4) is 6.07 Å². The molecule has 1 heterocycles. The topological polar surface area (TPSA) is 70.2 Å². The molecule has 88 valence electrons. The second kappa shape index (κ2) is 4.37. The van der Waals surface area contributed by atoms with E-state index in [0.29, 0.717) is 13.1 Å². The predicted molar refractivity (Wildman–Crippen MR) is 59.2 cm³/mol. The number of nitro benzene ring substituents is 1. The number of hydrogen-bond acceptors (Lipinski definition) is 4. The Morgan fingerprint density at radius 1 is 1.41 bits per heavy atom.